The molecule has 0 saturated carbocycles. The highest BCUT2D eigenvalue weighted by atomic mass is 16.5. The van der Waals surface area contributed by atoms with Crippen molar-refractivity contribution in [3.8, 4) is 5.75 Å². The minimum absolute atomic E-state index is 0.0285. The molecular weight excluding hydrogens is 202 g/mol. The third kappa shape index (κ3) is 1.76. The van der Waals surface area contributed by atoms with Crippen molar-refractivity contribution < 1.29 is 9.53 Å². The second-order valence-electron chi connectivity index (χ2n) is 3.51. The lowest BCUT2D eigenvalue weighted by atomic mass is 10.1. The number of ether oxygens (including phenoxy) is 1. The summed E-state index contributed by atoms with van der Waals surface area (Å²) >= 11 is 0. The van der Waals surface area contributed by atoms with E-state index in [9.17, 15) is 4.79 Å². The van der Waals surface area contributed by atoms with E-state index in [0.29, 0.717) is 12.3 Å². The standard InChI is InChI=1S/C13H13NO2/c1-3-16-12-8-14-13(9(2)15)11-7-5-4-6-10(11)12/h4-8H,3H2,1-2H3. The molecule has 0 atom stereocenters. The van der Waals surface area contributed by atoms with E-state index in [1.807, 2.05) is 31.2 Å². The first-order valence-corrected chi connectivity index (χ1v) is 5.25. The second-order valence-corrected chi connectivity index (χ2v) is 3.51. The third-order valence-corrected chi connectivity index (χ3v) is 2.39. The zero-order valence-electron chi connectivity index (χ0n) is 9.36. The van der Waals surface area contributed by atoms with E-state index < -0.39 is 0 Å². The van der Waals surface area contributed by atoms with Crippen LogP contribution in [0.2, 0.25) is 0 Å². The first-order chi connectivity index (χ1) is 7.74. The summed E-state index contributed by atoms with van der Waals surface area (Å²) in [5, 5.41) is 1.78. The molecule has 3 heteroatoms. The van der Waals surface area contributed by atoms with Crippen molar-refractivity contribution in [1.29, 1.82) is 0 Å². The zero-order chi connectivity index (χ0) is 11.5. The summed E-state index contributed by atoms with van der Waals surface area (Å²) < 4.78 is 5.48. The van der Waals surface area contributed by atoms with Crippen LogP contribution in [0.3, 0.4) is 0 Å². The van der Waals surface area contributed by atoms with Crippen molar-refractivity contribution in [1.82, 2.24) is 4.98 Å². The number of nitrogens with zero attached hydrogens (tertiary/aromatic N) is 1. The highest BCUT2D eigenvalue weighted by Crippen LogP contribution is 2.26. The van der Waals surface area contributed by atoms with Crippen molar-refractivity contribution in [2.24, 2.45) is 0 Å². The van der Waals surface area contributed by atoms with Crippen LogP contribution in [0.15, 0.2) is 30.5 Å². The Labute approximate surface area is 94.1 Å². The molecule has 1 aromatic heterocycles. The van der Waals surface area contributed by atoms with Gasteiger partial charge in [-0.1, -0.05) is 24.3 Å². The molecule has 82 valence electrons. The molecule has 0 aliphatic heterocycles. The Kier molecular flexibility index (Phi) is 2.86. The summed E-state index contributed by atoms with van der Waals surface area (Å²) in [6.07, 6.45) is 1.61. The fourth-order valence-electron chi connectivity index (χ4n) is 1.72. The predicted octanol–water partition coefficient (Wildman–Crippen LogP) is 2.84. The van der Waals surface area contributed by atoms with E-state index >= 15 is 0 Å². The largest absolute Gasteiger partial charge is 0.492 e. The first-order valence-electron chi connectivity index (χ1n) is 5.25. The molecule has 1 aromatic carbocycles. The molecule has 0 amide bonds. The maximum atomic E-state index is 11.4. The van der Waals surface area contributed by atoms with E-state index in [-0.39, 0.29) is 5.78 Å². The molecular formula is C13H13NO2. The molecule has 0 saturated heterocycles. The average molecular weight is 215 g/mol. The maximum absolute atomic E-state index is 11.4. The number of hydrogen-bond donors (Lipinski definition) is 0. The molecule has 0 N–H and O–H groups in total. The van der Waals surface area contributed by atoms with Crippen LogP contribution < -0.4 is 4.74 Å². The van der Waals surface area contributed by atoms with Crippen LogP contribution in [-0.4, -0.2) is 17.4 Å². The molecule has 0 aliphatic rings. The second kappa shape index (κ2) is 4.31. The number of aromatic nitrogens is 1. The number of carbonyl (C=O) groups is 1. The van der Waals surface area contributed by atoms with Crippen LogP contribution in [0.1, 0.15) is 24.3 Å². The van der Waals surface area contributed by atoms with Crippen molar-refractivity contribution in [3.63, 3.8) is 0 Å². The average Bonchev–Trinajstić information content (AvgIpc) is 2.29. The van der Waals surface area contributed by atoms with Gasteiger partial charge in [0.1, 0.15) is 11.4 Å². The highest BCUT2D eigenvalue weighted by molar-refractivity contribution is 6.06. The monoisotopic (exact) mass is 215 g/mol. The van der Waals surface area contributed by atoms with Gasteiger partial charge < -0.3 is 4.74 Å². The Hall–Kier alpha value is -1.90. The van der Waals surface area contributed by atoms with E-state index in [0.717, 1.165) is 16.5 Å². The van der Waals surface area contributed by atoms with Crippen LogP contribution in [0, 0.1) is 0 Å². The van der Waals surface area contributed by atoms with Crippen molar-refractivity contribution in [2.45, 2.75) is 13.8 Å². The number of Topliss-reactive ketones (excluding diaryl/α,β-unsaturated/α-hetero) is 1. The molecule has 1 heterocycles. The fraction of sp³-hybridized carbons (Fsp3) is 0.231. The minimum Gasteiger partial charge on any atom is -0.492 e. The van der Waals surface area contributed by atoms with E-state index in [4.69, 9.17) is 4.74 Å². The molecule has 0 spiro atoms. The van der Waals surface area contributed by atoms with Crippen molar-refractivity contribution >= 4 is 16.6 Å². The zero-order valence-corrected chi connectivity index (χ0v) is 9.36. The molecule has 0 unspecified atom stereocenters. The Bertz CT molecular complexity index is 534. The van der Waals surface area contributed by atoms with Crippen molar-refractivity contribution in [3.05, 3.63) is 36.2 Å². The smallest absolute Gasteiger partial charge is 0.178 e. The third-order valence-electron chi connectivity index (χ3n) is 2.39. The molecule has 2 aromatic rings. The molecule has 16 heavy (non-hydrogen) atoms. The van der Waals surface area contributed by atoms with Crippen LogP contribution in [0.4, 0.5) is 0 Å². The fourth-order valence-corrected chi connectivity index (χ4v) is 1.72. The van der Waals surface area contributed by atoms with Gasteiger partial charge in [-0.3, -0.25) is 4.79 Å². The van der Waals surface area contributed by atoms with Crippen molar-refractivity contribution in [2.75, 3.05) is 6.61 Å². The molecule has 0 radical (unpaired) electrons. The number of carbonyl (C=O) groups excluding carboxylic acids is 1. The molecule has 0 fully saturated rings. The Morgan fingerprint density at radius 2 is 2.00 bits per heavy atom. The normalized spacial score (nSPS) is 10.4. The van der Waals surface area contributed by atoms with Gasteiger partial charge in [0.05, 0.1) is 12.8 Å². The molecule has 3 nitrogen and oxygen atoms in total. The Morgan fingerprint density at radius 1 is 1.31 bits per heavy atom. The minimum atomic E-state index is -0.0285. The number of fused-ring (bicyclic) bond motifs is 1. The van der Waals surface area contributed by atoms with E-state index in [1.165, 1.54) is 6.92 Å². The Morgan fingerprint density at radius 3 is 2.62 bits per heavy atom. The van der Waals surface area contributed by atoms with Gasteiger partial charge in [0, 0.05) is 17.7 Å². The van der Waals surface area contributed by atoms with E-state index in [2.05, 4.69) is 4.98 Å². The van der Waals surface area contributed by atoms with Crippen LogP contribution in [-0.2, 0) is 0 Å². The lowest BCUT2D eigenvalue weighted by Gasteiger charge is -2.08. The summed E-state index contributed by atoms with van der Waals surface area (Å²) in [5.74, 6) is 0.697. The summed E-state index contributed by atoms with van der Waals surface area (Å²) in [7, 11) is 0. The SMILES string of the molecule is CCOc1cnc(C(C)=O)c2ccccc12. The van der Waals surface area contributed by atoms with Gasteiger partial charge in [-0.2, -0.15) is 0 Å². The predicted molar refractivity (Wildman–Crippen MR) is 62.9 cm³/mol. The summed E-state index contributed by atoms with van der Waals surface area (Å²) in [6, 6.07) is 7.65. The number of benzene rings is 1. The molecule has 2 rings (SSSR count). The summed E-state index contributed by atoms with van der Waals surface area (Å²) in [5.41, 5.74) is 0.499. The van der Waals surface area contributed by atoms with Gasteiger partial charge in [-0.05, 0) is 6.92 Å². The highest BCUT2D eigenvalue weighted by Gasteiger charge is 2.10. The van der Waals surface area contributed by atoms with Gasteiger partial charge in [-0.15, -0.1) is 0 Å². The van der Waals surface area contributed by atoms with Crippen LogP contribution in [0.5, 0.6) is 5.75 Å². The van der Waals surface area contributed by atoms with Gasteiger partial charge in [-0.25, -0.2) is 4.98 Å². The first kappa shape index (κ1) is 10.6. The van der Waals surface area contributed by atoms with Gasteiger partial charge in [0.2, 0.25) is 0 Å². The number of ketones is 1. The van der Waals surface area contributed by atoms with Crippen LogP contribution >= 0.6 is 0 Å². The van der Waals surface area contributed by atoms with Gasteiger partial charge in [0.25, 0.3) is 0 Å². The molecule has 0 aliphatic carbocycles. The van der Waals surface area contributed by atoms with Gasteiger partial charge >= 0.3 is 0 Å². The van der Waals surface area contributed by atoms with E-state index in [1.54, 1.807) is 6.20 Å². The molecule has 0 bridgehead atoms. The quantitative estimate of drug-likeness (QED) is 0.739. The lowest BCUT2D eigenvalue weighted by Crippen LogP contribution is -2.00. The Balaban J connectivity index is 2.71. The maximum Gasteiger partial charge on any atom is 0.178 e. The number of rotatable bonds is 3. The topological polar surface area (TPSA) is 39.2 Å². The summed E-state index contributed by atoms with van der Waals surface area (Å²) in [4.78, 5) is 15.6. The number of hydrogen-bond acceptors (Lipinski definition) is 3. The van der Waals surface area contributed by atoms with Crippen LogP contribution in [0.25, 0.3) is 10.8 Å². The lowest BCUT2D eigenvalue weighted by molar-refractivity contribution is 0.101. The summed E-state index contributed by atoms with van der Waals surface area (Å²) in [6.45, 7) is 4.04. The van der Waals surface area contributed by atoms with Gasteiger partial charge in [0.15, 0.2) is 5.78 Å². The number of pyridine rings is 1.